The number of rotatable bonds is 20. The molecule has 0 saturated carbocycles. The van der Waals surface area contributed by atoms with Crippen LogP contribution < -0.4 is 18.9 Å². The molecule has 8 heteroatoms. The number of benzene rings is 12. The normalized spacial score (nSPS) is 12.2. The van der Waals surface area contributed by atoms with Gasteiger partial charge < -0.3 is 18.9 Å². The Bertz CT molecular complexity index is 4690. The Morgan fingerprint density at radius 2 is 0.433 bits per heavy atom. The fourth-order valence-corrected chi connectivity index (χ4v) is 13.5. The van der Waals surface area contributed by atoms with Crippen molar-refractivity contribution in [1.82, 2.24) is 0 Å². The van der Waals surface area contributed by atoms with Crippen LogP contribution in [-0.2, 0) is 52.1 Å². The molecule has 0 atom stereocenters. The summed E-state index contributed by atoms with van der Waals surface area (Å²) in [7, 11) is 0. The van der Waals surface area contributed by atoms with Crippen molar-refractivity contribution in [1.29, 1.82) is 21.0 Å². The Labute approximate surface area is 610 Å². The minimum Gasteiger partial charge on any atom is -0.488 e. The van der Waals surface area contributed by atoms with Gasteiger partial charge in [0.1, 0.15) is 49.4 Å². The number of nitrogens with zero attached hydrogens (tertiary/aromatic N) is 4. The quantitative estimate of drug-likeness (QED) is 0.0544. The maximum Gasteiger partial charge on any atom is 0.126 e. The lowest BCUT2D eigenvalue weighted by atomic mass is 9.85. The van der Waals surface area contributed by atoms with Crippen molar-refractivity contribution in [3.63, 3.8) is 0 Å². The lowest BCUT2D eigenvalue weighted by Crippen LogP contribution is -2.11. The van der Waals surface area contributed by atoms with Crippen molar-refractivity contribution in [2.75, 3.05) is 0 Å². The van der Waals surface area contributed by atoms with E-state index in [-0.39, 0.29) is 52.1 Å². The summed E-state index contributed by atoms with van der Waals surface area (Å²) in [5.41, 5.74) is 21.7. The fraction of sp³-hybridized carbons (Fsp3) is 0.125. The molecule has 104 heavy (non-hydrogen) atoms. The second-order valence-electron chi connectivity index (χ2n) is 26.4. The molecule has 0 radical (unpaired) electrons. The van der Waals surface area contributed by atoms with Crippen LogP contribution in [0, 0.1) is 73.0 Å². The summed E-state index contributed by atoms with van der Waals surface area (Å²) < 4.78 is 29.7. The number of ether oxygens (including phenoxy) is 4. The van der Waals surface area contributed by atoms with Gasteiger partial charge in [-0.05, 0) is 234 Å². The molecule has 12 aromatic carbocycles. The number of hydrogen-bond donors (Lipinski definition) is 0. The minimum absolute atomic E-state index is 0.183. The molecular formula is C96H76N4O4. The van der Waals surface area contributed by atoms with Crippen molar-refractivity contribution in [2.24, 2.45) is 0 Å². The van der Waals surface area contributed by atoms with Crippen LogP contribution in [0.2, 0.25) is 0 Å². The maximum absolute atomic E-state index is 11.6. The molecule has 0 unspecified atom stereocenters. The number of allylic oxidation sites excluding steroid dienone is 4. The van der Waals surface area contributed by atoms with E-state index in [4.69, 9.17) is 18.9 Å². The van der Waals surface area contributed by atoms with Gasteiger partial charge in [-0.25, -0.2) is 0 Å². The Morgan fingerprint density at radius 1 is 0.260 bits per heavy atom. The Hall–Kier alpha value is -13.2. The second-order valence-corrected chi connectivity index (χ2v) is 26.4. The molecule has 12 aromatic rings. The first-order valence-corrected chi connectivity index (χ1v) is 35.0. The van der Waals surface area contributed by atoms with E-state index in [9.17, 15) is 21.0 Å². The van der Waals surface area contributed by atoms with Crippen LogP contribution in [0.4, 0.5) is 0 Å². The van der Waals surface area contributed by atoms with Gasteiger partial charge in [-0.2, -0.15) is 21.0 Å². The molecule has 0 spiro atoms. The lowest BCUT2D eigenvalue weighted by Gasteiger charge is -2.25. The van der Waals surface area contributed by atoms with Gasteiger partial charge in [-0.15, -0.1) is 0 Å². The van der Waals surface area contributed by atoms with E-state index in [0.29, 0.717) is 67.5 Å². The van der Waals surface area contributed by atoms with E-state index in [1.54, 1.807) is 0 Å². The van der Waals surface area contributed by atoms with Gasteiger partial charge in [-0.1, -0.05) is 218 Å². The van der Waals surface area contributed by atoms with Crippen LogP contribution in [0.1, 0.15) is 134 Å². The summed E-state index contributed by atoms with van der Waals surface area (Å²) in [6.07, 6.45) is 8.54. The molecule has 0 amide bonds. The third-order valence-corrected chi connectivity index (χ3v) is 19.1. The van der Waals surface area contributed by atoms with Crippen molar-refractivity contribution >= 4 is 46.6 Å². The first-order chi connectivity index (χ1) is 51.0. The molecule has 1 aliphatic rings. The molecule has 0 N–H and O–H groups in total. The van der Waals surface area contributed by atoms with Gasteiger partial charge >= 0.3 is 0 Å². The highest BCUT2D eigenvalue weighted by molar-refractivity contribution is 5.94. The topological polar surface area (TPSA) is 132 Å². The van der Waals surface area contributed by atoms with Gasteiger partial charge in [0.25, 0.3) is 0 Å². The standard InChI is InChI=1S/C96H76N4O4/c1-65-25-17-21-37-73(65)41-89(57-97)77-45-81-53-83-47-78(90(58-98)42-74-38-22-18-26-66(74)2)49-85(94(83)102-62-70-31-11-6-12-32-70)55-87-51-80(92(60-100)44-76-40-24-20-28-68(76)4)52-88(96(87)104-64-72-35-15-8-16-36-72)56-86-50-79(91(59-99)43-75-39-23-19-27-67(75)3)48-84(95(86)103-63-71-33-13-7-14-34-71)54-82(46-77)93(81)101-61-69-29-9-5-10-30-69/h5-52H,53-56,61-64H2,1-4H3/b89-41-,90-42+,91-43+,92-44+. The van der Waals surface area contributed by atoms with Crippen LogP contribution in [-0.4, -0.2) is 0 Å². The summed E-state index contributed by atoms with van der Waals surface area (Å²) >= 11 is 0. The predicted molar refractivity (Wildman–Crippen MR) is 419 cm³/mol. The van der Waals surface area contributed by atoms with Crippen molar-refractivity contribution in [3.8, 4) is 47.3 Å². The zero-order chi connectivity index (χ0) is 71.7. The Kier molecular flexibility index (Phi) is 21.9. The Balaban J connectivity index is 1.18. The molecule has 0 fully saturated rings. The Morgan fingerprint density at radius 3 is 0.606 bits per heavy atom. The average Bonchev–Trinajstić information content (AvgIpc) is 0.765. The maximum atomic E-state index is 11.6. The van der Waals surface area contributed by atoms with E-state index in [2.05, 4.69) is 72.8 Å². The first-order valence-electron chi connectivity index (χ1n) is 35.0. The average molecular weight is 1350 g/mol. The fourth-order valence-electron chi connectivity index (χ4n) is 13.5. The third-order valence-electron chi connectivity index (χ3n) is 19.1. The SMILES string of the molecule is Cc1ccccc1/C=C(\C#N)c1cc2c(OCc3ccccc3)c(c1)Cc1cc(/C(C#N)=C/c3ccccc3C)cc(c1OCc1ccccc1)Cc1cc(/C(C#N)=C\c3ccccc3C)cc(c1OCc1ccccc1)Cc1cc(/C(C#N)=C/c3ccccc3C)cc(c1OCc1ccccc1)C2. The number of fused-ring (bicyclic) bond motifs is 8. The van der Waals surface area contributed by atoms with Gasteiger partial charge in [0.05, 0.1) is 46.6 Å². The summed E-state index contributed by atoms with van der Waals surface area (Å²) in [4.78, 5) is 0. The molecule has 0 aliphatic heterocycles. The zero-order valence-corrected chi connectivity index (χ0v) is 58.8. The van der Waals surface area contributed by atoms with Crippen LogP contribution in [0.3, 0.4) is 0 Å². The van der Waals surface area contributed by atoms with E-state index in [1.807, 2.05) is 270 Å². The van der Waals surface area contributed by atoms with E-state index in [1.165, 1.54) is 0 Å². The van der Waals surface area contributed by atoms with E-state index >= 15 is 0 Å². The molecule has 1 aliphatic carbocycles. The highest BCUT2D eigenvalue weighted by Crippen LogP contribution is 2.45. The summed E-state index contributed by atoms with van der Waals surface area (Å²) in [6, 6.07) is 99.7. The van der Waals surface area contributed by atoms with Crippen LogP contribution in [0.5, 0.6) is 23.0 Å². The van der Waals surface area contributed by atoms with Crippen molar-refractivity contribution < 1.29 is 18.9 Å². The lowest BCUT2D eigenvalue weighted by molar-refractivity contribution is 0.293. The van der Waals surface area contributed by atoms with Crippen molar-refractivity contribution in [2.45, 2.75) is 79.8 Å². The predicted octanol–water partition coefficient (Wildman–Crippen LogP) is 22.2. The second kappa shape index (κ2) is 32.8. The van der Waals surface area contributed by atoms with Gasteiger partial charge in [-0.3, -0.25) is 0 Å². The van der Waals surface area contributed by atoms with E-state index in [0.717, 1.165) is 111 Å². The molecule has 0 saturated heterocycles. The molecule has 8 nitrogen and oxygen atoms in total. The zero-order valence-electron chi connectivity index (χ0n) is 58.8. The summed E-state index contributed by atoms with van der Waals surface area (Å²) in [6.45, 7) is 8.94. The van der Waals surface area contributed by atoms with Crippen LogP contribution in [0.15, 0.2) is 267 Å². The van der Waals surface area contributed by atoms with Crippen molar-refractivity contribution in [3.05, 3.63) is 400 Å². The largest absolute Gasteiger partial charge is 0.488 e. The van der Waals surface area contributed by atoms with Crippen LogP contribution in [0.25, 0.3) is 46.6 Å². The highest BCUT2D eigenvalue weighted by atomic mass is 16.5. The number of nitriles is 4. The smallest absolute Gasteiger partial charge is 0.126 e. The number of hydrogen-bond acceptors (Lipinski definition) is 8. The number of aryl methyl sites for hydroxylation is 4. The monoisotopic (exact) mass is 1350 g/mol. The third kappa shape index (κ3) is 16.6. The summed E-state index contributed by atoms with van der Waals surface area (Å²) in [5.74, 6) is 2.34. The first kappa shape index (κ1) is 69.2. The molecule has 0 aromatic heterocycles. The molecular weight excluding hydrogens is 1270 g/mol. The molecule has 0 heterocycles. The van der Waals surface area contributed by atoms with Gasteiger partial charge in [0, 0.05) is 25.7 Å². The molecule has 504 valence electrons. The minimum atomic E-state index is 0.183. The molecule has 8 bridgehead atoms. The van der Waals surface area contributed by atoms with E-state index < -0.39 is 0 Å². The van der Waals surface area contributed by atoms with Gasteiger partial charge in [0.2, 0.25) is 0 Å². The van der Waals surface area contributed by atoms with Gasteiger partial charge in [0.15, 0.2) is 0 Å². The summed E-state index contributed by atoms with van der Waals surface area (Å²) in [5, 5.41) is 46.4. The van der Waals surface area contributed by atoms with Crippen LogP contribution >= 0.6 is 0 Å². The molecule has 13 rings (SSSR count). The highest BCUT2D eigenvalue weighted by Gasteiger charge is 2.28.